The van der Waals surface area contributed by atoms with E-state index in [4.69, 9.17) is 10.5 Å². The Bertz CT molecular complexity index is 1020. The molecule has 5 heteroatoms. The molecule has 1 aromatic heterocycles. The Labute approximate surface area is 153 Å². The van der Waals surface area contributed by atoms with Crippen LogP contribution in [0.1, 0.15) is 11.1 Å². The van der Waals surface area contributed by atoms with Gasteiger partial charge in [-0.1, -0.05) is 23.8 Å². The first kappa shape index (κ1) is 17.6. The molecule has 3 rings (SSSR count). The van der Waals surface area contributed by atoms with Gasteiger partial charge in [0, 0.05) is 37.1 Å². The van der Waals surface area contributed by atoms with Crippen LogP contribution in [0.2, 0.25) is 0 Å². The van der Waals surface area contributed by atoms with Crippen molar-refractivity contribution in [3.63, 3.8) is 0 Å². The van der Waals surface area contributed by atoms with Crippen LogP contribution in [0, 0.1) is 13.8 Å². The van der Waals surface area contributed by atoms with E-state index in [2.05, 4.69) is 11.4 Å². The fraction of sp³-hybridized carbons (Fsp3) is 0.190. The lowest BCUT2D eigenvalue weighted by Crippen LogP contribution is -2.19. The third kappa shape index (κ3) is 3.28. The second-order valence-electron chi connectivity index (χ2n) is 6.40. The average molecular weight is 349 g/mol. The van der Waals surface area contributed by atoms with Gasteiger partial charge in [0.2, 0.25) is 0 Å². The summed E-state index contributed by atoms with van der Waals surface area (Å²) in [5.74, 6) is 1.43. The minimum Gasteiger partial charge on any atom is -0.456 e. The molecule has 0 amide bonds. The molecule has 5 nitrogen and oxygen atoms in total. The molecule has 2 aromatic carbocycles. The number of anilines is 2. The zero-order valence-electron chi connectivity index (χ0n) is 15.5. The van der Waals surface area contributed by atoms with Crippen molar-refractivity contribution in [3.8, 4) is 22.6 Å². The molecule has 0 spiro atoms. The third-order valence-corrected chi connectivity index (χ3v) is 4.35. The molecular weight excluding hydrogens is 326 g/mol. The van der Waals surface area contributed by atoms with Crippen molar-refractivity contribution >= 4 is 11.4 Å². The number of nitrogen functional groups attached to an aromatic ring is 1. The van der Waals surface area contributed by atoms with Crippen molar-refractivity contribution in [1.82, 2.24) is 4.57 Å². The predicted octanol–water partition coefficient (Wildman–Crippen LogP) is 4.09. The number of ether oxygens (including phenoxy) is 1. The second kappa shape index (κ2) is 6.96. The van der Waals surface area contributed by atoms with Crippen LogP contribution in [-0.2, 0) is 7.05 Å². The number of aromatic nitrogens is 1. The number of nitrogens with zero attached hydrogens (tertiary/aromatic N) is 1. The highest BCUT2D eigenvalue weighted by Gasteiger charge is 2.14. The third-order valence-electron chi connectivity index (χ3n) is 4.35. The Morgan fingerprint density at radius 1 is 1.08 bits per heavy atom. The topological polar surface area (TPSA) is 69.3 Å². The number of rotatable bonds is 4. The zero-order valence-corrected chi connectivity index (χ0v) is 15.5. The van der Waals surface area contributed by atoms with Crippen LogP contribution in [0.15, 0.2) is 53.5 Å². The Morgan fingerprint density at radius 3 is 2.54 bits per heavy atom. The summed E-state index contributed by atoms with van der Waals surface area (Å²) in [6.07, 6.45) is 1.77. The van der Waals surface area contributed by atoms with Gasteiger partial charge in [0.05, 0.1) is 0 Å². The highest BCUT2D eigenvalue weighted by molar-refractivity contribution is 5.83. The molecule has 0 aliphatic rings. The van der Waals surface area contributed by atoms with E-state index >= 15 is 0 Å². The number of nitrogens with one attached hydrogen (secondary N) is 1. The fourth-order valence-electron chi connectivity index (χ4n) is 3.00. The quantitative estimate of drug-likeness (QED) is 0.696. The van der Waals surface area contributed by atoms with Crippen molar-refractivity contribution in [2.75, 3.05) is 18.1 Å². The molecular formula is C21H23N3O2. The lowest BCUT2D eigenvalue weighted by atomic mass is 10.0. The maximum absolute atomic E-state index is 12.2. The van der Waals surface area contributed by atoms with Crippen LogP contribution in [0.4, 0.5) is 11.4 Å². The molecule has 134 valence electrons. The molecule has 0 radical (unpaired) electrons. The van der Waals surface area contributed by atoms with Crippen LogP contribution >= 0.6 is 0 Å². The average Bonchev–Trinajstić information content (AvgIpc) is 2.60. The summed E-state index contributed by atoms with van der Waals surface area (Å²) in [6, 6.07) is 13.4. The molecule has 0 saturated heterocycles. The largest absolute Gasteiger partial charge is 0.456 e. The first-order valence-corrected chi connectivity index (χ1v) is 8.43. The van der Waals surface area contributed by atoms with E-state index < -0.39 is 0 Å². The Kier molecular flexibility index (Phi) is 4.71. The summed E-state index contributed by atoms with van der Waals surface area (Å²) < 4.78 is 7.72. The maximum Gasteiger partial charge on any atom is 0.273 e. The van der Waals surface area contributed by atoms with Crippen molar-refractivity contribution in [3.05, 3.63) is 70.1 Å². The SMILES string of the molecule is CNc1cc(-c2c(N)cccc2Oc2ccc(C)cc2C)cn(C)c1=O. The Morgan fingerprint density at radius 2 is 1.85 bits per heavy atom. The van der Waals surface area contributed by atoms with Gasteiger partial charge in [-0.25, -0.2) is 0 Å². The summed E-state index contributed by atoms with van der Waals surface area (Å²) in [6.45, 7) is 4.06. The van der Waals surface area contributed by atoms with E-state index in [0.29, 0.717) is 17.1 Å². The molecule has 0 aliphatic heterocycles. The van der Waals surface area contributed by atoms with E-state index in [0.717, 1.165) is 22.4 Å². The van der Waals surface area contributed by atoms with Crippen LogP contribution in [0.3, 0.4) is 0 Å². The molecule has 0 saturated carbocycles. The van der Waals surface area contributed by atoms with E-state index in [-0.39, 0.29) is 5.56 Å². The van der Waals surface area contributed by atoms with Crippen molar-refractivity contribution in [2.45, 2.75) is 13.8 Å². The van der Waals surface area contributed by atoms with E-state index in [1.807, 2.05) is 44.2 Å². The number of benzene rings is 2. The highest BCUT2D eigenvalue weighted by Crippen LogP contribution is 2.38. The minimum atomic E-state index is -0.0948. The molecule has 0 atom stereocenters. The second-order valence-corrected chi connectivity index (χ2v) is 6.40. The molecule has 3 N–H and O–H groups in total. The monoisotopic (exact) mass is 349 g/mol. The molecule has 0 fully saturated rings. The van der Waals surface area contributed by atoms with Gasteiger partial charge in [0.15, 0.2) is 0 Å². The Balaban J connectivity index is 2.14. The summed E-state index contributed by atoms with van der Waals surface area (Å²) >= 11 is 0. The first-order valence-electron chi connectivity index (χ1n) is 8.43. The summed E-state index contributed by atoms with van der Waals surface area (Å²) in [5, 5.41) is 2.94. The highest BCUT2D eigenvalue weighted by atomic mass is 16.5. The van der Waals surface area contributed by atoms with Crippen LogP contribution in [0.25, 0.3) is 11.1 Å². The molecule has 0 aliphatic carbocycles. The van der Waals surface area contributed by atoms with Gasteiger partial charge >= 0.3 is 0 Å². The summed E-state index contributed by atoms with van der Waals surface area (Å²) in [5.41, 5.74) is 11.1. The number of hydrogen-bond donors (Lipinski definition) is 2. The predicted molar refractivity (Wildman–Crippen MR) is 107 cm³/mol. The van der Waals surface area contributed by atoms with E-state index in [1.165, 1.54) is 10.1 Å². The molecule has 0 unspecified atom stereocenters. The van der Waals surface area contributed by atoms with Crippen molar-refractivity contribution in [1.29, 1.82) is 0 Å². The van der Waals surface area contributed by atoms with Crippen molar-refractivity contribution < 1.29 is 4.74 Å². The molecule has 26 heavy (non-hydrogen) atoms. The van der Waals surface area contributed by atoms with Gasteiger partial charge < -0.3 is 20.4 Å². The van der Waals surface area contributed by atoms with Gasteiger partial charge in [-0.15, -0.1) is 0 Å². The smallest absolute Gasteiger partial charge is 0.273 e. The molecule has 0 bridgehead atoms. The minimum absolute atomic E-state index is 0.0948. The first-order chi connectivity index (χ1) is 12.4. The normalized spacial score (nSPS) is 10.6. The lowest BCUT2D eigenvalue weighted by molar-refractivity contribution is 0.481. The number of pyridine rings is 1. The molecule has 3 aromatic rings. The van der Waals surface area contributed by atoms with Crippen LogP contribution in [0.5, 0.6) is 11.5 Å². The van der Waals surface area contributed by atoms with E-state index in [1.54, 1.807) is 26.4 Å². The summed E-state index contributed by atoms with van der Waals surface area (Å²) in [7, 11) is 3.44. The van der Waals surface area contributed by atoms with Crippen LogP contribution in [-0.4, -0.2) is 11.6 Å². The van der Waals surface area contributed by atoms with Gasteiger partial charge in [-0.3, -0.25) is 4.79 Å². The van der Waals surface area contributed by atoms with Gasteiger partial charge in [0.25, 0.3) is 5.56 Å². The van der Waals surface area contributed by atoms with Crippen LogP contribution < -0.4 is 21.3 Å². The maximum atomic E-state index is 12.2. The van der Waals surface area contributed by atoms with Gasteiger partial charge in [0.1, 0.15) is 17.2 Å². The Hall–Kier alpha value is -3.21. The number of hydrogen-bond acceptors (Lipinski definition) is 4. The number of aryl methyl sites for hydroxylation is 3. The zero-order chi connectivity index (χ0) is 18.8. The summed E-state index contributed by atoms with van der Waals surface area (Å²) in [4.78, 5) is 12.2. The lowest BCUT2D eigenvalue weighted by Gasteiger charge is -2.16. The molecule has 1 heterocycles. The van der Waals surface area contributed by atoms with Gasteiger partial charge in [-0.05, 0) is 43.7 Å². The number of nitrogens with two attached hydrogens (primary N) is 1. The van der Waals surface area contributed by atoms with E-state index in [9.17, 15) is 4.79 Å². The van der Waals surface area contributed by atoms with Crippen molar-refractivity contribution in [2.24, 2.45) is 7.05 Å². The standard InChI is InChI=1S/C21H23N3O2/c1-13-8-9-18(14(2)10-13)26-19-7-5-6-16(22)20(19)15-11-17(23-3)21(25)24(4)12-15/h5-12,23H,22H2,1-4H3. The van der Waals surface area contributed by atoms with Gasteiger partial charge in [-0.2, -0.15) is 0 Å². The fourth-order valence-corrected chi connectivity index (χ4v) is 3.00.